The summed E-state index contributed by atoms with van der Waals surface area (Å²) >= 11 is 0. The molecule has 1 N–H and O–H groups in total. The predicted molar refractivity (Wildman–Crippen MR) is 87.0 cm³/mol. The first-order chi connectivity index (χ1) is 11.0. The second kappa shape index (κ2) is 7.72. The summed E-state index contributed by atoms with van der Waals surface area (Å²) in [5.41, 5.74) is 1.14. The maximum Gasteiger partial charge on any atom is 0.242 e. The van der Waals surface area contributed by atoms with Crippen molar-refractivity contribution in [3.8, 4) is 0 Å². The summed E-state index contributed by atoms with van der Waals surface area (Å²) in [5.74, 6) is -1.50. The van der Waals surface area contributed by atoms with E-state index in [1.807, 2.05) is 44.2 Å². The van der Waals surface area contributed by atoms with E-state index in [0.717, 1.165) is 17.7 Å². The molecule has 5 heteroatoms. The number of nitrogens with zero attached hydrogens (tertiary/aromatic N) is 1. The zero-order chi connectivity index (χ0) is 16.8. The Balaban J connectivity index is 2.01. The van der Waals surface area contributed by atoms with Gasteiger partial charge in [-0.1, -0.05) is 30.3 Å². The Morgan fingerprint density at radius 3 is 2.43 bits per heavy atom. The van der Waals surface area contributed by atoms with Gasteiger partial charge in [0, 0.05) is 18.7 Å². The quantitative estimate of drug-likeness (QED) is 0.878. The number of carbonyl (C=O) groups excluding carboxylic acids is 1. The summed E-state index contributed by atoms with van der Waals surface area (Å²) in [7, 11) is 0. The molecule has 1 amide bonds. The topological polar surface area (TPSA) is 32.3 Å². The Bertz CT molecular complexity index is 659. The first kappa shape index (κ1) is 16.9. The van der Waals surface area contributed by atoms with E-state index in [0.29, 0.717) is 6.54 Å². The molecule has 0 aliphatic rings. The highest BCUT2D eigenvalue weighted by molar-refractivity contribution is 5.81. The lowest BCUT2D eigenvalue weighted by molar-refractivity contribution is -0.131. The molecule has 0 atom stereocenters. The van der Waals surface area contributed by atoms with Gasteiger partial charge < -0.3 is 10.2 Å². The Morgan fingerprint density at radius 2 is 1.83 bits per heavy atom. The zero-order valence-electron chi connectivity index (χ0n) is 13.2. The van der Waals surface area contributed by atoms with Crippen LogP contribution < -0.4 is 5.32 Å². The highest BCUT2D eigenvalue weighted by atomic mass is 19.1. The van der Waals surface area contributed by atoms with Crippen molar-refractivity contribution in [3.63, 3.8) is 0 Å². The van der Waals surface area contributed by atoms with Crippen LogP contribution in [0.15, 0.2) is 48.5 Å². The van der Waals surface area contributed by atoms with Gasteiger partial charge in [0.2, 0.25) is 5.91 Å². The molecule has 122 valence electrons. The van der Waals surface area contributed by atoms with Gasteiger partial charge in [0.1, 0.15) is 11.6 Å². The number of rotatable bonds is 6. The highest BCUT2D eigenvalue weighted by Gasteiger charge is 2.17. The molecule has 0 saturated carbocycles. The summed E-state index contributed by atoms with van der Waals surface area (Å²) in [6, 6.07) is 12.9. The number of hydrogen-bond donors (Lipinski definition) is 1. The van der Waals surface area contributed by atoms with Gasteiger partial charge in [0.25, 0.3) is 0 Å². The summed E-state index contributed by atoms with van der Waals surface area (Å²) in [6.45, 7) is 4.30. The fourth-order valence-corrected chi connectivity index (χ4v) is 2.24. The number of halogens is 2. The monoisotopic (exact) mass is 318 g/mol. The predicted octanol–water partition coefficient (Wildman–Crippen LogP) is 3.81. The Hall–Kier alpha value is -2.43. The fourth-order valence-electron chi connectivity index (χ4n) is 2.24. The van der Waals surface area contributed by atoms with E-state index in [4.69, 9.17) is 0 Å². The second-order valence-corrected chi connectivity index (χ2v) is 5.58. The molecule has 0 fully saturated rings. The minimum Gasteiger partial charge on any atom is -0.374 e. The summed E-state index contributed by atoms with van der Waals surface area (Å²) in [4.78, 5) is 14.1. The minimum atomic E-state index is -0.711. The van der Waals surface area contributed by atoms with Crippen molar-refractivity contribution < 1.29 is 13.6 Å². The van der Waals surface area contributed by atoms with Gasteiger partial charge in [-0.25, -0.2) is 8.78 Å². The Morgan fingerprint density at radius 1 is 1.13 bits per heavy atom. The lowest BCUT2D eigenvalue weighted by atomic mass is 10.2. The van der Waals surface area contributed by atoms with Crippen LogP contribution in [0.2, 0.25) is 0 Å². The molecule has 0 aliphatic heterocycles. The van der Waals surface area contributed by atoms with E-state index in [1.54, 1.807) is 4.90 Å². The van der Waals surface area contributed by atoms with Crippen LogP contribution >= 0.6 is 0 Å². The van der Waals surface area contributed by atoms with Gasteiger partial charge in [-0.3, -0.25) is 4.79 Å². The first-order valence-electron chi connectivity index (χ1n) is 7.49. The van der Waals surface area contributed by atoms with Gasteiger partial charge in [0.15, 0.2) is 0 Å². The average Bonchev–Trinajstić information content (AvgIpc) is 2.52. The summed E-state index contributed by atoms with van der Waals surface area (Å²) < 4.78 is 26.5. The molecule has 0 bridgehead atoms. The van der Waals surface area contributed by atoms with E-state index in [-0.39, 0.29) is 24.2 Å². The summed E-state index contributed by atoms with van der Waals surface area (Å²) in [6.07, 6.45) is 0. The molecule has 0 heterocycles. The van der Waals surface area contributed by atoms with Crippen molar-refractivity contribution in [2.75, 3.05) is 11.9 Å². The Kier molecular flexibility index (Phi) is 5.68. The van der Waals surface area contributed by atoms with E-state index in [2.05, 4.69) is 5.32 Å². The van der Waals surface area contributed by atoms with Gasteiger partial charge in [-0.2, -0.15) is 0 Å². The van der Waals surface area contributed by atoms with E-state index in [1.165, 1.54) is 6.07 Å². The molecule has 2 aromatic rings. The Labute approximate surface area is 134 Å². The second-order valence-electron chi connectivity index (χ2n) is 5.58. The fraction of sp³-hybridized carbons (Fsp3) is 0.278. The van der Waals surface area contributed by atoms with E-state index in [9.17, 15) is 13.6 Å². The molecule has 0 aromatic heterocycles. The summed E-state index contributed by atoms with van der Waals surface area (Å²) in [5, 5.41) is 2.73. The van der Waals surface area contributed by atoms with Crippen LogP contribution in [-0.4, -0.2) is 23.4 Å². The normalized spacial score (nSPS) is 10.7. The van der Waals surface area contributed by atoms with Crippen molar-refractivity contribution in [3.05, 3.63) is 65.7 Å². The van der Waals surface area contributed by atoms with Crippen molar-refractivity contribution in [1.82, 2.24) is 4.90 Å². The first-order valence-corrected chi connectivity index (χ1v) is 7.49. The molecule has 0 radical (unpaired) electrons. The molecule has 2 rings (SSSR count). The number of anilines is 1. The number of nitrogens with one attached hydrogen (secondary N) is 1. The smallest absolute Gasteiger partial charge is 0.242 e. The standard InChI is InChI=1S/C18H20F2N2O/c1-13(2)22(12-14-6-4-3-5-7-14)18(23)11-21-17-9-8-15(19)10-16(17)20/h3-10,13,21H,11-12H2,1-2H3. The molecule has 3 nitrogen and oxygen atoms in total. The lowest BCUT2D eigenvalue weighted by Crippen LogP contribution is -2.40. The number of carbonyl (C=O) groups is 1. The van der Waals surface area contributed by atoms with Crippen molar-refractivity contribution in [2.24, 2.45) is 0 Å². The third-order valence-electron chi connectivity index (χ3n) is 3.50. The number of hydrogen-bond acceptors (Lipinski definition) is 2. The molecular formula is C18H20F2N2O. The molecule has 0 saturated heterocycles. The molecule has 0 spiro atoms. The molecule has 0 aliphatic carbocycles. The van der Waals surface area contributed by atoms with Crippen LogP contribution in [-0.2, 0) is 11.3 Å². The number of benzene rings is 2. The molecule has 2 aromatic carbocycles. The SMILES string of the molecule is CC(C)N(Cc1ccccc1)C(=O)CNc1ccc(F)cc1F. The highest BCUT2D eigenvalue weighted by Crippen LogP contribution is 2.15. The van der Waals surface area contributed by atoms with Gasteiger partial charge >= 0.3 is 0 Å². The van der Waals surface area contributed by atoms with Crippen molar-refractivity contribution in [1.29, 1.82) is 0 Å². The van der Waals surface area contributed by atoms with Crippen LogP contribution in [0.4, 0.5) is 14.5 Å². The largest absolute Gasteiger partial charge is 0.374 e. The van der Waals surface area contributed by atoms with Gasteiger partial charge in [-0.05, 0) is 31.5 Å². The molecule has 23 heavy (non-hydrogen) atoms. The third kappa shape index (κ3) is 4.77. The third-order valence-corrected chi connectivity index (χ3v) is 3.50. The van der Waals surface area contributed by atoms with Crippen molar-refractivity contribution >= 4 is 11.6 Å². The van der Waals surface area contributed by atoms with Crippen LogP contribution in [0.5, 0.6) is 0 Å². The van der Waals surface area contributed by atoms with Crippen LogP contribution in [0.3, 0.4) is 0 Å². The minimum absolute atomic E-state index is 0.0163. The van der Waals surface area contributed by atoms with E-state index < -0.39 is 11.6 Å². The van der Waals surface area contributed by atoms with Gasteiger partial charge in [-0.15, -0.1) is 0 Å². The molecule has 0 unspecified atom stereocenters. The van der Waals surface area contributed by atoms with Crippen LogP contribution in [0, 0.1) is 11.6 Å². The van der Waals surface area contributed by atoms with Crippen molar-refractivity contribution in [2.45, 2.75) is 26.4 Å². The average molecular weight is 318 g/mol. The maximum atomic E-state index is 13.6. The van der Waals surface area contributed by atoms with Crippen LogP contribution in [0.25, 0.3) is 0 Å². The zero-order valence-corrected chi connectivity index (χ0v) is 13.2. The lowest BCUT2D eigenvalue weighted by Gasteiger charge is -2.27. The van der Waals surface area contributed by atoms with E-state index >= 15 is 0 Å². The number of amides is 1. The molecular weight excluding hydrogens is 298 g/mol. The maximum absolute atomic E-state index is 13.6. The van der Waals surface area contributed by atoms with Gasteiger partial charge in [0.05, 0.1) is 12.2 Å². The van der Waals surface area contributed by atoms with Crippen LogP contribution in [0.1, 0.15) is 19.4 Å².